The largest absolute Gasteiger partial charge is 0.481 e. The fourth-order valence-corrected chi connectivity index (χ4v) is 3.65. The fraction of sp³-hybridized carbons (Fsp3) is 0.526. The Morgan fingerprint density at radius 2 is 1.88 bits per heavy atom. The van der Waals surface area contributed by atoms with Crippen molar-refractivity contribution >= 4 is 23.5 Å². The lowest BCUT2D eigenvalue weighted by Crippen LogP contribution is -2.45. The van der Waals surface area contributed by atoms with Gasteiger partial charge < -0.3 is 14.9 Å². The average Bonchev–Trinajstić information content (AvgIpc) is 2.98. The van der Waals surface area contributed by atoms with E-state index in [1.807, 2.05) is 32.0 Å². The lowest BCUT2D eigenvalue weighted by atomic mass is 9.96. The van der Waals surface area contributed by atoms with Gasteiger partial charge in [0.2, 0.25) is 11.8 Å². The first-order chi connectivity index (χ1) is 11.9. The number of likely N-dealkylation sites (tertiary alicyclic amines) is 1. The van der Waals surface area contributed by atoms with Gasteiger partial charge in [0, 0.05) is 31.7 Å². The van der Waals surface area contributed by atoms with E-state index in [4.69, 9.17) is 0 Å². The van der Waals surface area contributed by atoms with Gasteiger partial charge in [-0.2, -0.15) is 0 Å². The number of anilines is 1. The third kappa shape index (κ3) is 3.52. The summed E-state index contributed by atoms with van der Waals surface area (Å²) in [6.45, 7) is 5.22. The van der Waals surface area contributed by atoms with Gasteiger partial charge in [0.25, 0.3) is 0 Å². The third-order valence-electron chi connectivity index (χ3n) is 5.36. The number of benzene rings is 1. The van der Waals surface area contributed by atoms with Crippen molar-refractivity contribution in [2.75, 3.05) is 24.5 Å². The zero-order valence-electron chi connectivity index (χ0n) is 14.7. The Kier molecular flexibility index (Phi) is 4.79. The lowest BCUT2D eigenvalue weighted by Gasteiger charge is -2.32. The Morgan fingerprint density at radius 3 is 2.56 bits per heavy atom. The lowest BCUT2D eigenvalue weighted by molar-refractivity contribution is -0.146. The molecule has 134 valence electrons. The molecule has 25 heavy (non-hydrogen) atoms. The highest BCUT2D eigenvalue weighted by Gasteiger charge is 2.39. The van der Waals surface area contributed by atoms with E-state index in [2.05, 4.69) is 0 Å². The molecule has 6 heteroatoms. The highest BCUT2D eigenvalue weighted by Crippen LogP contribution is 2.29. The van der Waals surface area contributed by atoms with Crippen molar-refractivity contribution < 1.29 is 19.5 Å². The molecule has 0 radical (unpaired) electrons. The van der Waals surface area contributed by atoms with E-state index < -0.39 is 11.9 Å². The number of carboxylic acid groups (broad SMARTS) is 1. The van der Waals surface area contributed by atoms with E-state index >= 15 is 0 Å². The zero-order chi connectivity index (χ0) is 18.1. The highest BCUT2D eigenvalue weighted by atomic mass is 16.4. The third-order valence-corrected chi connectivity index (χ3v) is 5.36. The van der Waals surface area contributed by atoms with Crippen LogP contribution >= 0.6 is 0 Å². The number of carboxylic acids is 1. The van der Waals surface area contributed by atoms with Crippen LogP contribution < -0.4 is 4.90 Å². The van der Waals surface area contributed by atoms with Gasteiger partial charge in [-0.3, -0.25) is 14.4 Å². The van der Waals surface area contributed by atoms with Crippen LogP contribution in [0.25, 0.3) is 0 Å². The fourth-order valence-electron chi connectivity index (χ4n) is 3.65. The van der Waals surface area contributed by atoms with Gasteiger partial charge in [-0.25, -0.2) is 0 Å². The van der Waals surface area contributed by atoms with Crippen LogP contribution in [0.2, 0.25) is 0 Å². The Morgan fingerprint density at radius 1 is 1.12 bits per heavy atom. The Labute approximate surface area is 147 Å². The molecular weight excluding hydrogens is 320 g/mol. The van der Waals surface area contributed by atoms with Crippen LogP contribution in [-0.2, 0) is 14.4 Å². The molecule has 2 heterocycles. The molecule has 0 aromatic heterocycles. The molecule has 0 aliphatic carbocycles. The first kappa shape index (κ1) is 17.5. The number of carbonyl (C=O) groups is 3. The van der Waals surface area contributed by atoms with Gasteiger partial charge in [-0.1, -0.05) is 6.07 Å². The maximum atomic E-state index is 12.8. The minimum Gasteiger partial charge on any atom is -0.481 e. The van der Waals surface area contributed by atoms with Gasteiger partial charge >= 0.3 is 5.97 Å². The van der Waals surface area contributed by atoms with Crippen molar-refractivity contribution in [1.29, 1.82) is 0 Å². The summed E-state index contributed by atoms with van der Waals surface area (Å²) in [5.41, 5.74) is 3.10. The SMILES string of the molecule is Cc1ccc(N2C[C@@H](C(=O)N3CCC[C@@H](C(=O)O)C3)CC2=O)cc1C. The Bertz CT molecular complexity index is 715. The summed E-state index contributed by atoms with van der Waals surface area (Å²) in [4.78, 5) is 39.7. The Balaban J connectivity index is 1.70. The summed E-state index contributed by atoms with van der Waals surface area (Å²) in [6, 6.07) is 5.87. The molecule has 2 fully saturated rings. The predicted octanol–water partition coefficient (Wildman–Crippen LogP) is 1.98. The maximum absolute atomic E-state index is 12.8. The van der Waals surface area contributed by atoms with E-state index in [0.717, 1.165) is 16.8 Å². The first-order valence-corrected chi connectivity index (χ1v) is 8.76. The summed E-state index contributed by atoms with van der Waals surface area (Å²) >= 11 is 0. The van der Waals surface area contributed by atoms with Crippen molar-refractivity contribution in [1.82, 2.24) is 4.90 Å². The van der Waals surface area contributed by atoms with Crippen LogP contribution in [0.5, 0.6) is 0 Å². The highest BCUT2D eigenvalue weighted by molar-refractivity contribution is 6.00. The predicted molar refractivity (Wildman–Crippen MR) is 93.3 cm³/mol. The summed E-state index contributed by atoms with van der Waals surface area (Å²) in [7, 11) is 0. The zero-order valence-corrected chi connectivity index (χ0v) is 14.7. The van der Waals surface area contributed by atoms with Crippen LogP contribution in [0.3, 0.4) is 0 Å². The molecule has 2 aliphatic heterocycles. The van der Waals surface area contributed by atoms with Crippen LogP contribution in [0.1, 0.15) is 30.4 Å². The van der Waals surface area contributed by atoms with Crippen LogP contribution in [0.15, 0.2) is 18.2 Å². The molecule has 2 aliphatic rings. The number of aliphatic carboxylic acids is 1. The van der Waals surface area contributed by atoms with Crippen LogP contribution in [0.4, 0.5) is 5.69 Å². The molecule has 1 N–H and O–H groups in total. The number of aryl methyl sites for hydroxylation is 2. The second kappa shape index (κ2) is 6.86. The molecule has 2 atom stereocenters. The number of rotatable bonds is 3. The Hall–Kier alpha value is -2.37. The second-order valence-corrected chi connectivity index (χ2v) is 7.14. The van der Waals surface area contributed by atoms with E-state index in [1.165, 1.54) is 0 Å². The van der Waals surface area contributed by atoms with Gasteiger partial charge in [0.05, 0.1) is 11.8 Å². The maximum Gasteiger partial charge on any atom is 0.308 e. The average molecular weight is 344 g/mol. The quantitative estimate of drug-likeness (QED) is 0.909. The molecule has 0 unspecified atom stereocenters. The van der Waals surface area contributed by atoms with Gasteiger partial charge in [0.1, 0.15) is 0 Å². The van der Waals surface area contributed by atoms with Crippen LogP contribution in [-0.4, -0.2) is 47.4 Å². The smallest absolute Gasteiger partial charge is 0.308 e. The van der Waals surface area contributed by atoms with Crippen molar-refractivity contribution in [3.05, 3.63) is 29.3 Å². The minimum atomic E-state index is -0.850. The molecular formula is C19H24N2O4. The first-order valence-electron chi connectivity index (χ1n) is 8.76. The summed E-state index contributed by atoms with van der Waals surface area (Å²) < 4.78 is 0. The molecule has 1 aromatic carbocycles. The van der Waals surface area contributed by atoms with Gasteiger partial charge in [-0.05, 0) is 49.9 Å². The number of hydrogen-bond donors (Lipinski definition) is 1. The molecule has 1 aromatic rings. The van der Waals surface area contributed by atoms with Crippen LogP contribution in [0, 0.1) is 25.7 Å². The van der Waals surface area contributed by atoms with Gasteiger partial charge in [0.15, 0.2) is 0 Å². The van der Waals surface area contributed by atoms with Crippen molar-refractivity contribution in [3.8, 4) is 0 Å². The number of nitrogens with zero attached hydrogens (tertiary/aromatic N) is 2. The molecule has 0 bridgehead atoms. The summed E-state index contributed by atoms with van der Waals surface area (Å²) in [5.74, 6) is -1.87. The van der Waals surface area contributed by atoms with Crippen molar-refractivity contribution in [2.45, 2.75) is 33.1 Å². The standard InChI is InChI=1S/C19H24N2O4/c1-12-5-6-16(8-13(12)2)21-11-15(9-17(21)22)18(23)20-7-3-4-14(10-20)19(24)25/h5-6,8,14-15H,3-4,7,9-11H2,1-2H3,(H,24,25)/t14-,15+/m1/s1. The summed E-state index contributed by atoms with van der Waals surface area (Å²) in [6.07, 6.45) is 1.50. The topological polar surface area (TPSA) is 77.9 Å². The van der Waals surface area contributed by atoms with Crippen molar-refractivity contribution in [3.63, 3.8) is 0 Å². The van der Waals surface area contributed by atoms with Gasteiger partial charge in [-0.15, -0.1) is 0 Å². The van der Waals surface area contributed by atoms with E-state index in [-0.39, 0.29) is 30.7 Å². The van der Waals surface area contributed by atoms with E-state index in [1.54, 1.807) is 9.80 Å². The number of amides is 2. The number of carbonyl (C=O) groups excluding carboxylic acids is 2. The summed E-state index contributed by atoms with van der Waals surface area (Å²) in [5, 5.41) is 9.18. The second-order valence-electron chi connectivity index (χ2n) is 7.14. The molecule has 0 saturated carbocycles. The molecule has 3 rings (SSSR count). The number of hydrogen-bond acceptors (Lipinski definition) is 3. The normalized spacial score (nSPS) is 23.8. The molecule has 2 saturated heterocycles. The number of piperidine rings is 1. The van der Waals surface area contributed by atoms with E-state index in [0.29, 0.717) is 25.9 Å². The van der Waals surface area contributed by atoms with E-state index in [9.17, 15) is 19.5 Å². The minimum absolute atomic E-state index is 0.0478. The van der Waals surface area contributed by atoms with Crippen molar-refractivity contribution in [2.24, 2.45) is 11.8 Å². The molecule has 6 nitrogen and oxygen atoms in total. The monoisotopic (exact) mass is 344 g/mol. The molecule has 0 spiro atoms. The molecule has 2 amide bonds.